The van der Waals surface area contributed by atoms with Gasteiger partial charge in [-0.15, -0.1) is 0 Å². The van der Waals surface area contributed by atoms with Crippen LogP contribution in [0.2, 0.25) is 0 Å². The van der Waals surface area contributed by atoms with Crippen LogP contribution < -0.4 is 10.5 Å². The van der Waals surface area contributed by atoms with Crippen molar-refractivity contribution in [1.29, 1.82) is 0 Å². The number of benzene rings is 2. The fourth-order valence-corrected chi connectivity index (χ4v) is 2.31. The molecule has 1 heterocycles. The summed E-state index contributed by atoms with van der Waals surface area (Å²) in [5.41, 5.74) is 6.61. The molecule has 0 aliphatic heterocycles. The van der Waals surface area contributed by atoms with Crippen LogP contribution in [0.15, 0.2) is 66.7 Å². The summed E-state index contributed by atoms with van der Waals surface area (Å²) in [6.07, 6.45) is -4.51. The van der Waals surface area contributed by atoms with Gasteiger partial charge in [-0.3, -0.25) is 0 Å². The summed E-state index contributed by atoms with van der Waals surface area (Å²) in [5.74, 6) is 0.609. The molecule has 0 aliphatic rings. The Labute approximate surface area is 142 Å². The Hall–Kier alpha value is -3.02. The van der Waals surface area contributed by atoms with E-state index in [0.29, 0.717) is 17.9 Å². The summed E-state index contributed by atoms with van der Waals surface area (Å²) in [5, 5.41) is 0. The highest BCUT2D eigenvalue weighted by Crippen LogP contribution is 2.32. The molecule has 0 saturated carbocycles. The molecule has 6 heteroatoms. The Bertz CT molecular complexity index is 847. The van der Waals surface area contributed by atoms with E-state index in [9.17, 15) is 13.2 Å². The summed E-state index contributed by atoms with van der Waals surface area (Å²) in [4.78, 5) is 3.65. The molecule has 2 N–H and O–H groups in total. The van der Waals surface area contributed by atoms with Crippen LogP contribution in [0, 0.1) is 0 Å². The van der Waals surface area contributed by atoms with Crippen LogP contribution in [-0.2, 0) is 12.8 Å². The molecule has 0 radical (unpaired) electrons. The number of pyridine rings is 1. The van der Waals surface area contributed by atoms with E-state index in [1.807, 2.05) is 30.3 Å². The zero-order chi connectivity index (χ0) is 17.9. The zero-order valence-electron chi connectivity index (χ0n) is 13.1. The number of ether oxygens (including phenoxy) is 1. The summed E-state index contributed by atoms with van der Waals surface area (Å²) in [7, 11) is 0. The van der Waals surface area contributed by atoms with E-state index in [2.05, 4.69) is 4.98 Å². The number of hydrogen-bond acceptors (Lipinski definition) is 3. The number of alkyl halides is 3. The van der Waals surface area contributed by atoms with Crippen LogP contribution in [0.1, 0.15) is 11.3 Å². The summed E-state index contributed by atoms with van der Waals surface area (Å²) in [6.45, 7) is 0.407. The van der Waals surface area contributed by atoms with Crippen molar-refractivity contribution >= 4 is 5.69 Å². The summed E-state index contributed by atoms with van der Waals surface area (Å²) in [6, 6.07) is 18.4. The smallest absolute Gasteiger partial charge is 0.433 e. The van der Waals surface area contributed by atoms with Crippen LogP contribution >= 0.6 is 0 Å². The van der Waals surface area contributed by atoms with Gasteiger partial charge in [-0.25, -0.2) is 4.98 Å². The van der Waals surface area contributed by atoms with Gasteiger partial charge in [0, 0.05) is 5.56 Å². The average molecular weight is 344 g/mol. The number of aromatic nitrogens is 1. The van der Waals surface area contributed by atoms with E-state index in [-0.39, 0.29) is 11.4 Å². The Morgan fingerprint density at radius 3 is 2.20 bits per heavy atom. The highest BCUT2D eigenvalue weighted by molar-refractivity contribution is 5.73. The first-order chi connectivity index (χ1) is 11.9. The van der Waals surface area contributed by atoms with E-state index in [1.165, 1.54) is 6.07 Å². The third-order valence-corrected chi connectivity index (χ3v) is 3.59. The maximum atomic E-state index is 12.8. The molecular weight excluding hydrogens is 329 g/mol. The highest BCUT2D eigenvalue weighted by atomic mass is 19.4. The number of halogens is 3. The molecule has 0 aliphatic carbocycles. The molecule has 0 spiro atoms. The molecule has 0 saturated heterocycles. The van der Waals surface area contributed by atoms with E-state index >= 15 is 0 Å². The first-order valence-corrected chi connectivity index (χ1v) is 7.54. The van der Waals surface area contributed by atoms with Gasteiger partial charge in [0.05, 0.1) is 11.4 Å². The second kappa shape index (κ2) is 6.84. The van der Waals surface area contributed by atoms with Crippen molar-refractivity contribution < 1.29 is 17.9 Å². The summed E-state index contributed by atoms with van der Waals surface area (Å²) >= 11 is 0. The molecular formula is C19H15F3N2O. The van der Waals surface area contributed by atoms with Gasteiger partial charge in [0.15, 0.2) is 0 Å². The average Bonchev–Trinajstić information content (AvgIpc) is 2.61. The highest BCUT2D eigenvalue weighted by Gasteiger charge is 2.33. The van der Waals surface area contributed by atoms with Crippen molar-refractivity contribution in [3.05, 3.63) is 78.0 Å². The first-order valence-electron chi connectivity index (χ1n) is 7.54. The molecule has 0 atom stereocenters. The molecule has 0 amide bonds. The minimum absolute atomic E-state index is 0.101. The van der Waals surface area contributed by atoms with Crippen LogP contribution in [-0.4, -0.2) is 4.98 Å². The molecule has 0 fully saturated rings. The third kappa shape index (κ3) is 4.09. The zero-order valence-corrected chi connectivity index (χ0v) is 13.1. The molecule has 3 nitrogen and oxygen atoms in total. The largest absolute Gasteiger partial charge is 0.489 e. The van der Waals surface area contributed by atoms with Crippen LogP contribution in [0.4, 0.5) is 18.9 Å². The molecule has 25 heavy (non-hydrogen) atoms. The van der Waals surface area contributed by atoms with E-state index in [0.717, 1.165) is 11.6 Å². The number of rotatable bonds is 4. The van der Waals surface area contributed by atoms with E-state index < -0.39 is 11.9 Å². The fraction of sp³-hybridized carbons (Fsp3) is 0.105. The van der Waals surface area contributed by atoms with Gasteiger partial charge in [-0.2, -0.15) is 13.2 Å². The first kappa shape index (κ1) is 16.8. The van der Waals surface area contributed by atoms with Gasteiger partial charge in [-0.05, 0) is 42.0 Å². The second-order valence-corrected chi connectivity index (χ2v) is 5.43. The minimum Gasteiger partial charge on any atom is -0.489 e. The van der Waals surface area contributed by atoms with Crippen LogP contribution in [0.25, 0.3) is 11.3 Å². The van der Waals surface area contributed by atoms with E-state index in [4.69, 9.17) is 10.5 Å². The third-order valence-electron chi connectivity index (χ3n) is 3.59. The van der Waals surface area contributed by atoms with Gasteiger partial charge in [-0.1, -0.05) is 30.3 Å². The van der Waals surface area contributed by atoms with Gasteiger partial charge in [0.2, 0.25) is 0 Å². The lowest BCUT2D eigenvalue weighted by Crippen LogP contribution is -2.09. The second-order valence-electron chi connectivity index (χ2n) is 5.43. The van der Waals surface area contributed by atoms with Crippen molar-refractivity contribution in [3.63, 3.8) is 0 Å². The Kier molecular flexibility index (Phi) is 4.61. The lowest BCUT2D eigenvalue weighted by molar-refractivity contribution is -0.141. The Balaban J connectivity index is 1.78. The number of nitrogens with zero attached hydrogens (tertiary/aromatic N) is 1. The predicted molar refractivity (Wildman–Crippen MR) is 89.9 cm³/mol. The molecule has 0 bridgehead atoms. The number of anilines is 1. The summed E-state index contributed by atoms with van der Waals surface area (Å²) < 4.78 is 44.1. The fourth-order valence-electron chi connectivity index (χ4n) is 2.31. The van der Waals surface area contributed by atoms with Crippen molar-refractivity contribution in [2.45, 2.75) is 12.8 Å². The topological polar surface area (TPSA) is 48.1 Å². The molecule has 0 unspecified atom stereocenters. The molecule has 1 aromatic heterocycles. The number of nitrogens with two attached hydrogens (primary N) is 1. The standard InChI is InChI=1S/C19H15F3N2O/c20-19(21,22)17-11-10-16(23)18(24-17)14-6-8-15(9-7-14)25-12-13-4-2-1-3-5-13/h1-11H,12,23H2. The van der Waals surface area contributed by atoms with Gasteiger partial charge in [0.1, 0.15) is 18.1 Å². The lowest BCUT2D eigenvalue weighted by Gasteiger charge is -2.11. The van der Waals surface area contributed by atoms with Crippen molar-refractivity contribution in [3.8, 4) is 17.0 Å². The number of hydrogen-bond donors (Lipinski definition) is 1. The Morgan fingerprint density at radius 1 is 0.880 bits per heavy atom. The maximum absolute atomic E-state index is 12.8. The molecule has 128 valence electrons. The maximum Gasteiger partial charge on any atom is 0.433 e. The van der Waals surface area contributed by atoms with Gasteiger partial charge in [0.25, 0.3) is 0 Å². The molecule has 3 aromatic rings. The van der Waals surface area contributed by atoms with Gasteiger partial charge < -0.3 is 10.5 Å². The van der Waals surface area contributed by atoms with Crippen LogP contribution in [0.5, 0.6) is 5.75 Å². The van der Waals surface area contributed by atoms with Gasteiger partial charge >= 0.3 is 6.18 Å². The van der Waals surface area contributed by atoms with Crippen molar-refractivity contribution in [2.75, 3.05) is 5.73 Å². The normalized spacial score (nSPS) is 11.3. The quantitative estimate of drug-likeness (QED) is 0.730. The number of nitrogen functional groups attached to an aromatic ring is 1. The SMILES string of the molecule is Nc1ccc(C(F)(F)F)nc1-c1ccc(OCc2ccccc2)cc1. The molecule has 3 rings (SSSR count). The van der Waals surface area contributed by atoms with Crippen molar-refractivity contribution in [1.82, 2.24) is 4.98 Å². The van der Waals surface area contributed by atoms with Crippen molar-refractivity contribution in [2.24, 2.45) is 0 Å². The lowest BCUT2D eigenvalue weighted by atomic mass is 10.1. The van der Waals surface area contributed by atoms with E-state index in [1.54, 1.807) is 24.3 Å². The Morgan fingerprint density at radius 2 is 1.56 bits per heavy atom. The monoisotopic (exact) mass is 344 g/mol. The minimum atomic E-state index is -4.51. The molecule has 2 aromatic carbocycles. The predicted octanol–water partition coefficient (Wildman–Crippen LogP) is 4.93. The van der Waals surface area contributed by atoms with Crippen LogP contribution in [0.3, 0.4) is 0 Å².